The zero-order valence-electron chi connectivity index (χ0n) is 15.4. The minimum Gasteiger partial charge on any atom is -0.264 e. The number of rotatable bonds is 12. The summed E-state index contributed by atoms with van der Waals surface area (Å²) < 4.78 is 292. The van der Waals surface area contributed by atoms with Crippen LogP contribution in [0, 0.1) is 0 Å². The minimum atomic E-state index is -9.17. The fourth-order valence-corrected chi connectivity index (χ4v) is 2.10. The van der Waals surface area contributed by atoms with Crippen molar-refractivity contribution in [1.82, 2.24) is 0 Å². The van der Waals surface area contributed by atoms with Crippen molar-refractivity contribution >= 4 is 10.4 Å². The Kier molecular flexibility index (Phi) is 8.39. The molecule has 0 unspecified atom stereocenters. The molecule has 0 aromatic carbocycles. The molecule has 0 spiro atoms. The molecule has 0 aromatic heterocycles. The maximum atomic E-state index is 13.4. The maximum Gasteiger partial charge on any atom is 0.397 e. The van der Waals surface area contributed by atoms with Crippen LogP contribution in [0.4, 0.5) is 87.8 Å². The Morgan fingerprint density at radius 2 is 0.778 bits per heavy atom. The van der Waals surface area contributed by atoms with E-state index in [1.165, 1.54) is 0 Å². The van der Waals surface area contributed by atoms with Crippen molar-refractivity contribution in [3.8, 4) is 0 Å². The first-order chi connectivity index (χ1) is 15.2. The van der Waals surface area contributed by atoms with Gasteiger partial charge >= 0.3 is 70.1 Å². The van der Waals surface area contributed by atoms with Crippen molar-refractivity contribution < 1.29 is 105 Å². The molecule has 0 aliphatic rings. The Labute approximate surface area is 183 Å². The van der Waals surface area contributed by atoms with Crippen LogP contribution >= 0.6 is 0 Å². The molecule has 0 saturated carbocycles. The molecule has 1 N–H and O–H groups in total. The Hall–Kier alpha value is -1.53. The van der Waals surface area contributed by atoms with Crippen molar-refractivity contribution in [3.05, 3.63) is 0 Å². The number of alkyl halides is 20. The van der Waals surface area contributed by atoms with Crippen molar-refractivity contribution in [2.75, 3.05) is 6.61 Å². The molecule has 0 heterocycles. The molecule has 0 aliphatic carbocycles. The molecule has 0 amide bonds. The Balaban J connectivity index is 6.92. The van der Waals surface area contributed by atoms with E-state index in [9.17, 15) is 96.2 Å². The van der Waals surface area contributed by atoms with Gasteiger partial charge in [0, 0.05) is 0 Å². The Morgan fingerprint density at radius 3 is 1.03 bits per heavy atom. The highest BCUT2D eigenvalue weighted by Gasteiger charge is 2.96. The third-order valence-corrected chi connectivity index (χ3v) is 4.32. The van der Waals surface area contributed by atoms with Gasteiger partial charge in [-0.3, -0.25) is 4.55 Å². The molecule has 4 nitrogen and oxygen atoms in total. The lowest BCUT2D eigenvalue weighted by molar-refractivity contribution is -0.465. The first kappa shape index (κ1) is 34.5. The normalized spacial score (nSPS) is 16.6. The van der Waals surface area contributed by atoms with E-state index in [4.69, 9.17) is 4.55 Å². The first-order valence-corrected chi connectivity index (χ1v) is 8.82. The SMILES string of the molecule is O=S(=O)(O)OCC(F)(F)C(F)(F)C(F)(F)C(F)(F)C(F)(F)C(F)(F)C(F)(F)C(F)(F)C(F)(F)C(F)F. The minimum absolute atomic E-state index is 2.41. The van der Waals surface area contributed by atoms with Gasteiger partial charge in [-0.1, -0.05) is 0 Å². The smallest absolute Gasteiger partial charge is 0.264 e. The summed E-state index contributed by atoms with van der Waals surface area (Å²) in [5.41, 5.74) is 0. The second kappa shape index (κ2) is 8.76. The van der Waals surface area contributed by atoms with Crippen LogP contribution in [0.5, 0.6) is 0 Å². The molecule has 25 heteroatoms. The highest BCUT2D eigenvalue weighted by Crippen LogP contribution is 2.65. The lowest BCUT2D eigenvalue weighted by atomic mass is 9.86. The average molecular weight is 612 g/mol. The van der Waals surface area contributed by atoms with E-state index < -0.39 is 76.7 Å². The van der Waals surface area contributed by atoms with Crippen LogP contribution in [0.25, 0.3) is 0 Å². The quantitative estimate of drug-likeness (QED) is 0.224. The van der Waals surface area contributed by atoms with Gasteiger partial charge in [-0.2, -0.15) is 87.4 Å². The zero-order valence-corrected chi connectivity index (χ0v) is 16.2. The second-order valence-electron chi connectivity index (χ2n) is 6.34. The van der Waals surface area contributed by atoms with E-state index in [1.807, 2.05) is 0 Å². The molecule has 0 fully saturated rings. The van der Waals surface area contributed by atoms with Gasteiger partial charge in [-0.05, 0) is 0 Å². The molecule has 0 rings (SSSR count). The van der Waals surface area contributed by atoms with Crippen molar-refractivity contribution in [1.29, 1.82) is 0 Å². The van der Waals surface area contributed by atoms with Gasteiger partial charge in [0.2, 0.25) is 0 Å². The average Bonchev–Trinajstić information content (AvgIpc) is 2.64. The predicted octanol–water partition coefficient (Wildman–Crippen LogP) is 5.79. The van der Waals surface area contributed by atoms with Gasteiger partial charge in [-0.25, -0.2) is 13.0 Å². The summed E-state index contributed by atoms with van der Waals surface area (Å²) in [6.45, 7) is -3.86. The molecular weight excluding hydrogens is 608 g/mol. The molecule has 0 aromatic rings. The lowest BCUT2D eigenvalue weighted by Crippen LogP contribution is -2.76. The zero-order chi connectivity index (χ0) is 30.0. The van der Waals surface area contributed by atoms with E-state index >= 15 is 0 Å². The monoisotopic (exact) mass is 612 g/mol. The highest BCUT2D eigenvalue weighted by atomic mass is 32.3. The van der Waals surface area contributed by atoms with E-state index in [1.54, 1.807) is 0 Å². The van der Waals surface area contributed by atoms with Gasteiger partial charge < -0.3 is 0 Å². The fourth-order valence-electron chi connectivity index (χ4n) is 1.80. The lowest BCUT2D eigenvalue weighted by Gasteiger charge is -2.44. The standard InChI is InChI=1S/C11H4F20O4S/c12-2(13)4(16,17)6(20,21)8(24,25)10(28,29)11(30,31)9(26,27)7(22,23)5(18,19)3(14,15)1-35-36(32,33)34/h2H,1H2,(H,32,33,34). The second-order valence-corrected chi connectivity index (χ2v) is 7.43. The molecule has 0 saturated heterocycles. The summed E-state index contributed by atoms with van der Waals surface area (Å²) >= 11 is 0. The van der Waals surface area contributed by atoms with Gasteiger partial charge in [-0.15, -0.1) is 0 Å². The van der Waals surface area contributed by atoms with Crippen LogP contribution < -0.4 is 0 Å². The first-order valence-electron chi connectivity index (χ1n) is 7.45. The summed E-state index contributed by atoms with van der Waals surface area (Å²) in [6, 6.07) is 0. The van der Waals surface area contributed by atoms with Gasteiger partial charge in [0.15, 0.2) is 0 Å². The molecule has 0 radical (unpaired) electrons. The Bertz CT molecular complexity index is 909. The van der Waals surface area contributed by atoms with Crippen LogP contribution in [0.3, 0.4) is 0 Å². The summed E-state index contributed by atoms with van der Waals surface area (Å²) in [6.07, 6.45) is -6.16. The third kappa shape index (κ3) is 4.62. The van der Waals surface area contributed by atoms with Crippen LogP contribution in [0.15, 0.2) is 0 Å². The van der Waals surface area contributed by atoms with Gasteiger partial charge in [0.1, 0.15) is 6.61 Å². The van der Waals surface area contributed by atoms with E-state index in [2.05, 4.69) is 4.18 Å². The third-order valence-electron chi connectivity index (χ3n) is 3.91. The Morgan fingerprint density at radius 1 is 0.528 bits per heavy atom. The molecule has 36 heavy (non-hydrogen) atoms. The van der Waals surface area contributed by atoms with E-state index in [0.717, 1.165) is 0 Å². The summed E-state index contributed by atoms with van der Waals surface area (Å²) in [7, 11) is -6.34. The van der Waals surface area contributed by atoms with Crippen molar-refractivity contribution in [3.63, 3.8) is 0 Å². The maximum absolute atomic E-state index is 13.4. The largest absolute Gasteiger partial charge is 0.397 e. The van der Waals surface area contributed by atoms with Crippen molar-refractivity contribution in [2.45, 2.75) is 59.7 Å². The number of hydrogen-bond acceptors (Lipinski definition) is 3. The number of hydrogen-bond donors (Lipinski definition) is 1. The van der Waals surface area contributed by atoms with Crippen LogP contribution in [0.2, 0.25) is 0 Å². The molecular formula is C11H4F20O4S. The molecule has 0 aliphatic heterocycles. The summed E-state index contributed by atoms with van der Waals surface area (Å²) in [5.74, 6) is -76.9. The van der Waals surface area contributed by atoms with Crippen molar-refractivity contribution in [2.24, 2.45) is 0 Å². The molecule has 0 bridgehead atoms. The summed E-state index contributed by atoms with van der Waals surface area (Å²) in [5, 5.41) is 0. The van der Waals surface area contributed by atoms with Gasteiger partial charge in [0.05, 0.1) is 0 Å². The van der Waals surface area contributed by atoms with Gasteiger partial charge in [0.25, 0.3) is 0 Å². The topological polar surface area (TPSA) is 63.6 Å². The molecule has 0 atom stereocenters. The number of halogens is 20. The fraction of sp³-hybridized carbons (Fsp3) is 1.00. The molecule has 218 valence electrons. The van der Waals surface area contributed by atoms with E-state index in [-0.39, 0.29) is 0 Å². The van der Waals surface area contributed by atoms with Crippen LogP contribution in [0.1, 0.15) is 0 Å². The summed E-state index contributed by atoms with van der Waals surface area (Å²) in [4.78, 5) is 0. The van der Waals surface area contributed by atoms with Crippen LogP contribution in [-0.4, -0.2) is 79.3 Å². The highest BCUT2D eigenvalue weighted by molar-refractivity contribution is 7.80. The van der Waals surface area contributed by atoms with Crippen LogP contribution in [-0.2, 0) is 14.6 Å². The van der Waals surface area contributed by atoms with E-state index in [0.29, 0.717) is 0 Å². The predicted molar refractivity (Wildman–Crippen MR) is 68.0 cm³/mol.